The van der Waals surface area contributed by atoms with Gasteiger partial charge in [0.15, 0.2) is 5.82 Å². The van der Waals surface area contributed by atoms with Crippen LogP contribution in [0.3, 0.4) is 0 Å². The molecule has 0 saturated carbocycles. The molecule has 0 aliphatic rings. The molecule has 0 aliphatic heterocycles. The summed E-state index contributed by atoms with van der Waals surface area (Å²) in [6, 6.07) is 10.3. The Morgan fingerprint density at radius 2 is 1.86 bits per heavy atom. The summed E-state index contributed by atoms with van der Waals surface area (Å²) in [5.74, 6) is 1.39. The molecule has 0 radical (unpaired) electrons. The van der Waals surface area contributed by atoms with Crippen molar-refractivity contribution in [2.45, 2.75) is 13.0 Å². The van der Waals surface area contributed by atoms with Gasteiger partial charge in [-0.25, -0.2) is 0 Å². The van der Waals surface area contributed by atoms with E-state index in [1.54, 1.807) is 6.20 Å². The molecule has 6 nitrogen and oxygen atoms in total. The Labute approximate surface area is 132 Å². The van der Waals surface area contributed by atoms with Crippen molar-refractivity contribution in [2.75, 3.05) is 44.4 Å². The number of nitrogens with zero attached hydrogens (tertiary/aromatic N) is 5. The summed E-state index contributed by atoms with van der Waals surface area (Å²) < 4.78 is 0. The van der Waals surface area contributed by atoms with Gasteiger partial charge in [0.1, 0.15) is 0 Å². The summed E-state index contributed by atoms with van der Waals surface area (Å²) >= 11 is 0. The molecule has 118 valence electrons. The number of hydrogen-bond acceptors (Lipinski definition) is 6. The molecule has 0 unspecified atom stereocenters. The number of nitrogens with one attached hydrogen (secondary N) is 1. The highest BCUT2D eigenvalue weighted by Crippen LogP contribution is 2.12. The van der Waals surface area contributed by atoms with Crippen molar-refractivity contribution in [1.82, 2.24) is 20.1 Å². The van der Waals surface area contributed by atoms with Crippen LogP contribution in [0.4, 0.5) is 11.8 Å². The van der Waals surface area contributed by atoms with Gasteiger partial charge in [0.25, 0.3) is 0 Å². The van der Waals surface area contributed by atoms with E-state index in [1.165, 1.54) is 5.56 Å². The zero-order chi connectivity index (χ0) is 15.8. The third-order valence-electron chi connectivity index (χ3n) is 3.26. The minimum Gasteiger partial charge on any atom is -0.354 e. The van der Waals surface area contributed by atoms with E-state index in [0.717, 1.165) is 31.9 Å². The zero-order valence-electron chi connectivity index (χ0n) is 13.5. The summed E-state index contributed by atoms with van der Waals surface area (Å²) in [5, 5.41) is 11.3. The van der Waals surface area contributed by atoms with Crippen LogP contribution in [0.1, 0.15) is 12.0 Å². The summed E-state index contributed by atoms with van der Waals surface area (Å²) in [6.45, 7) is 2.67. The predicted octanol–water partition coefficient (Wildman–Crippen LogP) is 1.87. The van der Waals surface area contributed by atoms with Crippen molar-refractivity contribution >= 4 is 11.8 Å². The average molecular weight is 300 g/mol. The number of benzene rings is 1. The lowest BCUT2D eigenvalue weighted by Gasteiger charge is -2.18. The molecule has 22 heavy (non-hydrogen) atoms. The minimum absolute atomic E-state index is 0.580. The number of hydrogen-bond donors (Lipinski definition) is 1. The SMILES string of the molecule is CN(C)CCCNc1nncc(N(C)Cc2ccccc2)n1. The molecular formula is C16H24N6. The Hall–Kier alpha value is -2.21. The molecule has 1 aromatic heterocycles. The van der Waals surface area contributed by atoms with Crippen LogP contribution in [0, 0.1) is 0 Å². The van der Waals surface area contributed by atoms with Crippen molar-refractivity contribution in [3.8, 4) is 0 Å². The van der Waals surface area contributed by atoms with E-state index in [-0.39, 0.29) is 0 Å². The van der Waals surface area contributed by atoms with Gasteiger partial charge in [-0.3, -0.25) is 0 Å². The fraction of sp³-hybridized carbons (Fsp3) is 0.438. The van der Waals surface area contributed by atoms with Gasteiger partial charge >= 0.3 is 0 Å². The van der Waals surface area contributed by atoms with Crippen LogP contribution in [0.5, 0.6) is 0 Å². The largest absolute Gasteiger partial charge is 0.354 e. The maximum Gasteiger partial charge on any atom is 0.244 e. The summed E-state index contributed by atoms with van der Waals surface area (Å²) in [7, 11) is 6.14. The number of anilines is 2. The molecule has 0 atom stereocenters. The highest BCUT2D eigenvalue weighted by Gasteiger charge is 2.06. The third kappa shape index (κ3) is 5.29. The molecule has 6 heteroatoms. The van der Waals surface area contributed by atoms with Crippen molar-refractivity contribution in [3.05, 3.63) is 42.1 Å². The molecule has 1 aromatic carbocycles. The molecule has 1 N–H and O–H groups in total. The summed E-state index contributed by atoms with van der Waals surface area (Å²) in [4.78, 5) is 8.74. The number of aromatic nitrogens is 3. The quantitative estimate of drug-likeness (QED) is 0.751. The van der Waals surface area contributed by atoms with Gasteiger partial charge in [0.05, 0.1) is 6.20 Å². The van der Waals surface area contributed by atoms with Crippen molar-refractivity contribution in [2.24, 2.45) is 0 Å². The van der Waals surface area contributed by atoms with Crippen molar-refractivity contribution in [1.29, 1.82) is 0 Å². The molecule has 1 heterocycles. The molecular weight excluding hydrogens is 276 g/mol. The zero-order valence-corrected chi connectivity index (χ0v) is 13.5. The van der Waals surface area contributed by atoms with Crippen LogP contribution < -0.4 is 10.2 Å². The van der Waals surface area contributed by atoms with Crippen LogP contribution in [0.25, 0.3) is 0 Å². The Morgan fingerprint density at radius 1 is 1.09 bits per heavy atom. The highest BCUT2D eigenvalue weighted by atomic mass is 15.3. The monoisotopic (exact) mass is 300 g/mol. The maximum absolute atomic E-state index is 4.51. The maximum atomic E-state index is 4.51. The first kappa shape index (κ1) is 16.2. The van der Waals surface area contributed by atoms with E-state index in [4.69, 9.17) is 0 Å². The molecule has 0 bridgehead atoms. The van der Waals surface area contributed by atoms with Gasteiger partial charge in [0.2, 0.25) is 5.95 Å². The molecule has 2 rings (SSSR count). The topological polar surface area (TPSA) is 57.2 Å². The van der Waals surface area contributed by atoms with Gasteiger partial charge < -0.3 is 15.1 Å². The van der Waals surface area contributed by atoms with Crippen LogP contribution in [-0.4, -0.2) is 54.3 Å². The van der Waals surface area contributed by atoms with Gasteiger partial charge in [-0.1, -0.05) is 30.3 Å². The second kappa shape index (κ2) is 8.29. The normalized spacial score (nSPS) is 10.7. The predicted molar refractivity (Wildman–Crippen MR) is 90.0 cm³/mol. The second-order valence-electron chi connectivity index (χ2n) is 5.56. The average Bonchev–Trinajstić information content (AvgIpc) is 2.53. The second-order valence-corrected chi connectivity index (χ2v) is 5.56. The van der Waals surface area contributed by atoms with E-state index in [1.807, 2.05) is 25.2 Å². The Kier molecular flexibility index (Phi) is 6.09. The fourth-order valence-corrected chi connectivity index (χ4v) is 2.09. The highest BCUT2D eigenvalue weighted by molar-refractivity contribution is 5.40. The van der Waals surface area contributed by atoms with Crippen molar-refractivity contribution in [3.63, 3.8) is 0 Å². The minimum atomic E-state index is 0.580. The van der Waals surface area contributed by atoms with Crippen LogP contribution in [0.2, 0.25) is 0 Å². The van der Waals surface area contributed by atoms with Gasteiger partial charge in [-0.15, -0.1) is 5.10 Å². The summed E-state index contributed by atoms with van der Waals surface area (Å²) in [5.41, 5.74) is 1.24. The summed E-state index contributed by atoms with van der Waals surface area (Å²) in [6.07, 6.45) is 2.73. The van der Waals surface area contributed by atoms with Gasteiger partial charge in [0, 0.05) is 20.1 Å². The number of rotatable bonds is 8. The Balaban J connectivity index is 1.90. The van der Waals surface area contributed by atoms with Crippen LogP contribution in [-0.2, 0) is 6.54 Å². The first-order chi connectivity index (χ1) is 10.6. The lowest BCUT2D eigenvalue weighted by atomic mass is 10.2. The Bertz CT molecular complexity index is 558. The van der Waals surface area contributed by atoms with Crippen LogP contribution >= 0.6 is 0 Å². The van der Waals surface area contributed by atoms with E-state index >= 15 is 0 Å². The fourth-order valence-electron chi connectivity index (χ4n) is 2.09. The molecule has 0 aliphatic carbocycles. The van der Waals surface area contributed by atoms with Crippen molar-refractivity contribution < 1.29 is 0 Å². The molecule has 0 amide bonds. The van der Waals surface area contributed by atoms with E-state index in [9.17, 15) is 0 Å². The Morgan fingerprint density at radius 3 is 2.59 bits per heavy atom. The third-order valence-corrected chi connectivity index (χ3v) is 3.26. The first-order valence-electron chi connectivity index (χ1n) is 7.48. The van der Waals surface area contributed by atoms with Gasteiger partial charge in [-0.2, -0.15) is 10.1 Å². The first-order valence-corrected chi connectivity index (χ1v) is 7.48. The molecule has 0 spiro atoms. The molecule has 0 fully saturated rings. The molecule has 0 saturated heterocycles. The lowest BCUT2D eigenvalue weighted by molar-refractivity contribution is 0.405. The standard InChI is InChI=1S/C16H24N6/c1-21(2)11-7-10-17-16-19-15(12-18-20-16)22(3)13-14-8-5-4-6-9-14/h4-6,8-9,12H,7,10-11,13H2,1-3H3,(H,17,19,20). The van der Waals surface area contributed by atoms with Crippen LogP contribution in [0.15, 0.2) is 36.5 Å². The molecule has 2 aromatic rings. The van der Waals surface area contributed by atoms with E-state index in [2.05, 4.69) is 56.5 Å². The van der Waals surface area contributed by atoms with E-state index in [0.29, 0.717) is 5.95 Å². The van der Waals surface area contributed by atoms with Gasteiger partial charge in [-0.05, 0) is 32.6 Å². The lowest BCUT2D eigenvalue weighted by Crippen LogP contribution is -2.20. The van der Waals surface area contributed by atoms with E-state index < -0.39 is 0 Å². The smallest absolute Gasteiger partial charge is 0.244 e.